The van der Waals surface area contributed by atoms with Crippen LogP contribution in [0.1, 0.15) is 5.56 Å². The fraction of sp³-hybridized carbons (Fsp3) is 0.100. The number of hydrogen-bond acceptors (Lipinski definition) is 2. The summed E-state index contributed by atoms with van der Waals surface area (Å²) >= 11 is 9.13. The van der Waals surface area contributed by atoms with E-state index in [1.54, 1.807) is 6.07 Å². The van der Waals surface area contributed by atoms with Gasteiger partial charge < -0.3 is 5.11 Å². The fourth-order valence-electron chi connectivity index (χ4n) is 1.38. The van der Waals surface area contributed by atoms with Crippen LogP contribution >= 0.6 is 27.5 Å². The average Bonchev–Trinajstić information content (AvgIpc) is 2.15. The predicted octanol–water partition coefficient (Wildman–Crippen LogP) is 3.14. The smallest absolute Gasteiger partial charge is 0.129 e. The molecule has 1 aromatic heterocycles. The lowest BCUT2D eigenvalue weighted by Crippen LogP contribution is -1.88. The molecule has 2 nitrogen and oxygen atoms in total. The van der Waals surface area contributed by atoms with E-state index in [1.165, 1.54) is 0 Å². The molecule has 0 amide bonds. The second-order valence-electron chi connectivity index (χ2n) is 2.92. The number of halogens is 2. The quantitative estimate of drug-likeness (QED) is 0.809. The maximum absolute atomic E-state index is 9.15. The van der Waals surface area contributed by atoms with Gasteiger partial charge in [-0.3, -0.25) is 0 Å². The van der Waals surface area contributed by atoms with Gasteiger partial charge in [0.1, 0.15) is 5.15 Å². The Hall–Kier alpha value is -0.640. The van der Waals surface area contributed by atoms with Crippen LogP contribution in [0.15, 0.2) is 28.7 Å². The van der Waals surface area contributed by atoms with E-state index in [-0.39, 0.29) is 6.61 Å². The molecule has 0 bridgehead atoms. The van der Waals surface area contributed by atoms with Crippen molar-refractivity contribution in [1.82, 2.24) is 4.98 Å². The molecule has 0 atom stereocenters. The third-order valence-electron chi connectivity index (χ3n) is 1.99. The van der Waals surface area contributed by atoms with Crippen molar-refractivity contribution in [3.8, 4) is 0 Å². The molecule has 4 heteroatoms. The maximum atomic E-state index is 9.15. The SMILES string of the molecule is OCc1cc(Br)cc2nc(Cl)ccc12. The van der Waals surface area contributed by atoms with Crippen LogP contribution in [0.3, 0.4) is 0 Å². The van der Waals surface area contributed by atoms with E-state index in [2.05, 4.69) is 20.9 Å². The normalized spacial score (nSPS) is 10.8. The highest BCUT2D eigenvalue weighted by Crippen LogP contribution is 2.24. The fourth-order valence-corrected chi connectivity index (χ4v) is 2.03. The monoisotopic (exact) mass is 271 g/mol. The second kappa shape index (κ2) is 3.85. The number of fused-ring (bicyclic) bond motifs is 1. The van der Waals surface area contributed by atoms with Crippen molar-refractivity contribution in [3.05, 3.63) is 39.5 Å². The molecule has 14 heavy (non-hydrogen) atoms. The Balaban J connectivity index is 2.81. The summed E-state index contributed by atoms with van der Waals surface area (Å²) in [5.41, 5.74) is 1.63. The van der Waals surface area contributed by atoms with Crippen molar-refractivity contribution in [2.45, 2.75) is 6.61 Å². The molecule has 0 aliphatic heterocycles. The third-order valence-corrected chi connectivity index (χ3v) is 2.66. The Morgan fingerprint density at radius 1 is 1.36 bits per heavy atom. The summed E-state index contributed by atoms with van der Waals surface area (Å²) in [7, 11) is 0. The van der Waals surface area contributed by atoms with Crippen LogP contribution in [-0.2, 0) is 6.61 Å². The highest BCUT2D eigenvalue weighted by Gasteiger charge is 2.03. The van der Waals surface area contributed by atoms with Gasteiger partial charge in [0.2, 0.25) is 0 Å². The van der Waals surface area contributed by atoms with Crippen molar-refractivity contribution in [1.29, 1.82) is 0 Å². The second-order valence-corrected chi connectivity index (χ2v) is 4.23. The lowest BCUT2D eigenvalue weighted by Gasteiger charge is -2.04. The number of aromatic nitrogens is 1. The molecule has 0 radical (unpaired) electrons. The predicted molar refractivity (Wildman–Crippen MR) is 60.4 cm³/mol. The van der Waals surface area contributed by atoms with Gasteiger partial charge >= 0.3 is 0 Å². The van der Waals surface area contributed by atoms with Gasteiger partial charge in [-0.25, -0.2) is 4.98 Å². The van der Waals surface area contributed by atoms with Crippen molar-refractivity contribution >= 4 is 38.4 Å². The van der Waals surface area contributed by atoms with Gasteiger partial charge in [0.25, 0.3) is 0 Å². The molecule has 1 heterocycles. The molecule has 0 unspecified atom stereocenters. The topological polar surface area (TPSA) is 33.1 Å². The van der Waals surface area contributed by atoms with Crippen LogP contribution < -0.4 is 0 Å². The van der Waals surface area contributed by atoms with E-state index < -0.39 is 0 Å². The molecule has 1 N–H and O–H groups in total. The Labute approximate surface area is 94.7 Å². The van der Waals surface area contributed by atoms with E-state index in [4.69, 9.17) is 16.7 Å². The summed E-state index contributed by atoms with van der Waals surface area (Å²) in [6.45, 7) is -0.000742. The highest BCUT2D eigenvalue weighted by molar-refractivity contribution is 9.10. The van der Waals surface area contributed by atoms with Gasteiger partial charge in [-0.1, -0.05) is 27.5 Å². The number of pyridine rings is 1. The molecule has 0 fully saturated rings. The van der Waals surface area contributed by atoms with E-state index >= 15 is 0 Å². The molecular formula is C10H7BrClNO. The lowest BCUT2D eigenvalue weighted by atomic mass is 10.1. The minimum Gasteiger partial charge on any atom is -0.392 e. The summed E-state index contributed by atoms with van der Waals surface area (Å²) in [6, 6.07) is 7.33. The summed E-state index contributed by atoms with van der Waals surface area (Å²) < 4.78 is 0.892. The largest absolute Gasteiger partial charge is 0.392 e. The summed E-state index contributed by atoms with van der Waals surface area (Å²) in [5, 5.41) is 10.5. The van der Waals surface area contributed by atoms with Gasteiger partial charge in [0.05, 0.1) is 12.1 Å². The first kappa shape index (κ1) is 9.90. The molecule has 0 saturated heterocycles. The Bertz CT molecular complexity index is 482. The maximum Gasteiger partial charge on any atom is 0.129 e. The average molecular weight is 273 g/mol. The van der Waals surface area contributed by atoms with Gasteiger partial charge in [0.15, 0.2) is 0 Å². The molecule has 0 spiro atoms. The summed E-state index contributed by atoms with van der Waals surface area (Å²) in [4.78, 5) is 4.17. The highest BCUT2D eigenvalue weighted by atomic mass is 79.9. The molecule has 0 saturated carbocycles. The van der Waals surface area contributed by atoms with E-state index in [0.29, 0.717) is 5.15 Å². The van der Waals surface area contributed by atoms with Gasteiger partial charge in [0, 0.05) is 9.86 Å². The number of nitrogens with zero attached hydrogens (tertiary/aromatic N) is 1. The number of rotatable bonds is 1. The van der Waals surface area contributed by atoms with Crippen molar-refractivity contribution in [2.75, 3.05) is 0 Å². The van der Waals surface area contributed by atoms with Crippen LogP contribution in [0.5, 0.6) is 0 Å². The van der Waals surface area contributed by atoms with Gasteiger partial charge in [-0.05, 0) is 29.8 Å². The van der Waals surface area contributed by atoms with Gasteiger partial charge in [-0.2, -0.15) is 0 Å². The number of hydrogen-bond donors (Lipinski definition) is 1. The van der Waals surface area contributed by atoms with Crippen LogP contribution in [0.4, 0.5) is 0 Å². The molecule has 0 aliphatic rings. The molecule has 72 valence electrons. The third kappa shape index (κ3) is 1.75. The molecule has 2 aromatic rings. The van der Waals surface area contributed by atoms with Crippen molar-refractivity contribution < 1.29 is 5.11 Å². The molecule has 1 aromatic carbocycles. The first-order chi connectivity index (χ1) is 6.70. The standard InChI is InChI=1S/C10H7BrClNO/c11-7-3-6(5-14)8-1-2-10(12)13-9(8)4-7/h1-4,14H,5H2. The van der Waals surface area contributed by atoms with Crippen LogP contribution in [-0.4, -0.2) is 10.1 Å². The summed E-state index contributed by atoms with van der Waals surface area (Å²) in [6.07, 6.45) is 0. The zero-order chi connectivity index (χ0) is 10.1. The Kier molecular flexibility index (Phi) is 2.72. The minimum absolute atomic E-state index is 0.000742. The number of benzene rings is 1. The van der Waals surface area contributed by atoms with E-state index in [0.717, 1.165) is 20.9 Å². The Morgan fingerprint density at radius 2 is 2.14 bits per heavy atom. The number of aliphatic hydroxyl groups is 1. The first-order valence-corrected chi connectivity index (χ1v) is 5.23. The van der Waals surface area contributed by atoms with Crippen LogP contribution in [0.25, 0.3) is 10.9 Å². The van der Waals surface area contributed by atoms with E-state index in [9.17, 15) is 0 Å². The molecule has 0 aliphatic carbocycles. The van der Waals surface area contributed by atoms with Crippen LogP contribution in [0.2, 0.25) is 5.15 Å². The van der Waals surface area contributed by atoms with Crippen LogP contribution in [0, 0.1) is 0 Å². The van der Waals surface area contributed by atoms with Crippen molar-refractivity contribution in [2.24, 2.45) is 0 Å². The summed E-state index contributed by atoms with van der Waals surface area (Å²) in [5.74, 6) is 0. The number of aliphatic hydroxyl groups excluding tert-OH is 1. The lowest BCUT2D eigenvalue weighted by molar-refractivity contribution is 0.283. The zero-order valence-corrected chi connectivity index (χ0v) is 9.51. The van der Waals surface area contributed by atoms with E-state index in [1.807, 2.05) is 18.2 Å². The van der Waals surface area contributed by atoms with Gasteiger partial charge in [-0.15, -0.1) is 0 Å². The zero-order valence-electron chi connectivity index (χ0n) is 7.17. The minimum atomic E-state index is -0.000742. The molecular weight excluding hydrogens is 265 g/mol. The first-order valence-electron chi connectivity index (χ1n) is 4.06. The molecule has 2 rings (SSSR count). The van der Waals surface area contributed by atoms with Crippen molar-refractivity contribution in [3.63, 3.8) is 0 Å². The Morgan fingerprint density at radius 3 is 2.86 bits per heavy atom.